The van der Waals surface area contributed by atoms with E-state index in [1.807, 2.05) is 12.1 Å². The van der Waals surface area contributed by atoms with Crippen LogP contribution in [0.1, 0.15) is 18.4 Å². The summed E-state index contributed by atoms with van der Waals surface area (Å²) in [5.41, 5.74) is 1.36. The molecule has 0 bridgehead atoms. The maximum absolute atomic E-state index is 12.6. The number of anilines is 1. The van der Waals surface area contributed by atoms with E-state index in [0.717, 1.165) is 11.8 Å². The second-order valence-electron chi connectivity index (χ2n) is 7.05. The molecule has 2 aromatic carbocycles. The lowest BCUT2D eigenvalue weighted by Crippen LogP contribution is -2.32. The van der Waals surface area contributed by atoms with Gasteiger partial charge in [-0.25, -0.2) is 8.42 Å². The molecule has 170 valence electrons. The number of methoxy groups -OCH3 is 3. The fourth-order valence-electron chi connectivity index (χ4n) is 3.21. The molecule has 0 N–H and O–H groups in total. The molecular formula is C22H30N2O6S. The Morgan fingerprint density at radius 2 is 1.58 bits per heavy atom. The van der Waals surface area contributed by atoms with Gasteiger partial charge in [-0.2, -0.15) is 0 Å². The summed E-state index contributed by atoms with van der Waals surface area (Å²) in [5.74, 6) is 1.60. The number of amides is 1. The van der Waals surface area contributed by atoms with Gasteiger partial charge in [-0.05, 0) is 36.2 Å². The SMILES string of the molecule is COc1ccc(CN(C)C(=O)CCCN(c2ccccc2OC)S(C)(=O)=O)cc1OC. The molecule has 2 rings (SSSR count). The predicted molar refractivity (Wildman–Crippen MR) is 120 cm³/mol. The maximum atomic E-state index is 12.6. The van der Waals surface area contributed by atoms with Crippen LogP contribution in [0.2, 0.25) is 0 Å². The van der Waals surface area contributed by atoms with Crippen molar-refractivity contribution in [2.45, 2.75) is 19.4 Å². The van der Waals surface area contributed by atoms with Gasteiger partial charge in [0.25, 0.3) is 0 Å². The highest BCUT2D eigenvalue weighted by molar-refractivity contribution is 7.92. The molecule has 0 spiro atoms. The number of hydrogen-bond donors (Lipinski definition) is 0. The van der Waals surface area contributed by atoms with Crippen LogP contribution < -0.4 is 18.5 Å². The Morgan fingerprint density at radius 1 is 0.935 bits per heavy atom. The van der Waals surface area contributed by atoms with Crippen molar-refractivity contribution in [1.82, 2.24) is 4.90 Å². The Balaban J connectivity index is 2.00. The molecule has 0 fully saturated rings. The average molecular weight is 451 g/mol. The monoisotopic (exact) mass is 450 g/mol. The van der Waals surface area contributed by atoms with E-state index in [2.05, 4.69) is 0 Å². The van der Waals surface area contributed by atoms with Crippen molar-refractivity contribution < 1.29 is 27.4 Å². The Hall–Kier alpha value is -2.94. The quantitative estimate of drug-likeness (QED) is 0.523. The summed E-state index contributed by atoms with van der Waals surface area (Å²) >= 11 is 0. The summed E-state index contributed by atoms with van der Waals surface area (Å²) in [6.07, 6.45) is 1.73. The number of benzene rings is 2. The highest BCUT2D eigenvalue weighted by Crippen LogP contribution is 2.30. The molecule has 0 atom stereocenters. The van der Waals surface area contributed by atoms with E-state index in [4.69, 9.17) is 14.2 Å². The summed E-state index contributed by atoms with van der Waals surface area (Å²) in [6, 6.07) is 12.4. The molecule has 8 nitrogen and oxygen atoms in total. The maximum Gasteiger partial charge on any atom is 0.232 e. The van der Waals surface area contributed by atoms with Crippen LogP contribution in [0.15, 0.2) is 42.5 Å². The summed E-state index contributed by atoms with van der Waals surface area (Å²) in [5, 5.41) is 0. The standard InChI is InChI=1S/C22H30N2O6S/c1-23(16-17-12-13-20(29-3)21(15-17)30-4)22(25)11-8-14-24(31(5,26)27)18-9-6-7-10-19(18)28-2/h6-7,9-10,12-13,15H,8,11,14,16H2,1-5H3. The third-order valence-electron chi connectivity index (χ3n) is 4.80. The van der Waals surface area contributed by atoms with Gasteiger partial charge in [-0.3, -0.25) is 9.10 Å². The van der Waals surface area contributed by atoms with E-state index in [0.29, 0.717) is 35.9 Å². The van der Waals surface area contributed by atoms with E-state index < -0.39 is 10.0 Å². The number of para-hydroxylation sites is 2. The van der Waals surface area contributed by atoms with E-state index >= 15 is 0 Å². The van der Waals surface area contributed by atoms with E-state index in [1.54, 1.807) is 56.5 Å². The number of carbonyl (C=O) groups is 1. The zero-order valence-electron chi connectivity index (χ0n) is 18.6. The van der Waals surface area contributed by atoms with Crippen LogP contribution in [0.3, 0.4) is 0 Å². The summed E-state index contributed by atoms with van der Waals surface area (Å²) in [4.78, 5) is 14.2. The Labute approximate surface area is 184 Å². The first-order valence-electron chi connectivity index (χ1n) is 9.76. The number of hydrogen-bond acceptors (Lipinski definition) is 6. The number of rotatable bonds is 11. The molecule has 0 saturated heterocycles. The lowest BCUT2D eigenvalue weighted by Gasteiger charge is -2.24. The van der Waals surface area contributed by atoms with Crippen LogP contribution in [0.4, 0.5) is 5.69 Å². The van der Waals surface area contributed by atoms with Gasteiger partial charge in [-0.15, -0.1) is 0 Å². The van der Waals surface area contributed by atoms with Gasteiger partial charge in [0.15, 0.2) is 11.5 Å². The van der Waals surface area contributed by atoms with Crippen LogP contribution in [0, 0.1) is 0 Å². The highest BCUT2D eigenvalue weighted by atomic mass is 32.2. The number of sulfonamides is 1. The minimum Gasteiger partial charge on any atom is -0.495 e. The van der Waals surface area contributed by atoms with Crippen LogP contribution in [0.25, 0.3) is 0 Å². The van der Waals surface area contributed by atoms with Crippen molar-refractivity contribution in [3.63, 3.8) is 0 Å². The molecule has 31 heavy (non-hydrogen) atoms. The van der Waals surface area contributed by atoms with Crippen molar-refractivity contribution in [2.75, 3.05) is 45.5 Å². The second kappa shape index (κ2) is 10.9. The molecule has 0 aromatic heterocycles. The van der Waals surface area contributed by atoms with Gasteiger partial charge >= 0.3 is 0 Å². The van der Waals surface area contributed by atoms with E-state index in [9.17, 15) is 13.2 Å². The fraction of sp³-hybridized carbons (Fsp3) is 0.409. The molecule has 0 heterocycles. The summed E-state index contributed by atoms with van der Waals surface area (Å²) in [6.45, 7) is 0.580. The van der Waals surface area contributed by atoms with E-state index in [1.165, 1.54) is 11.4 Å². The molecule has 9 heteroatoms. The normalized spacial score (nSPS) is 11.0. The number of ether oxygens (including phenoxy) is 3. The molecule has 1 amide bonds. The molecular weight excluding hydrogens is 420 g/mol. The highest BCUT2D eigenvalue weighted by Gasteiger charge is 2.21. The van der Waals surface area contributed by atoms with Crippen LogP contribution in [0.5, 0.6) is 17.2 Å². The average Bonchev–Trinajstić information content (AvgIpc) is 2.75. The van der Waals surface area contributed by atoms with Crippen LogP contribution in [-0.4, -0.2) is 60.4 Å². The molecule has 0 saturated carbocycles. The lowest BCUT2D eigenvalue weighted by molar-refractivity contribution is -0.130. The van der Waals surface area contributed by atoms with Crippen molar-refractivity contribution in [3.8, 4) is 17.2 Å². The smallest absolute Gasteiger partial charge is 0.232 e. The zero-order chi connectivity index (χ0) is 23.0. The first-order valence-corrected chi connectivity index (χ1v) is 11.6. The van der Waals surface area contributed by atoms with Gasteiger partial charge < -0.3 is 19.1 Å². The van der Waals surface area contributed by atoms with Gasteiger partial charge in [0.05, 0.1) is 33.3 Å². The minimum absolute atomic E-state index is 0.0803. The second-order valence-corrected chi connectivity index (χ2v) is 8.96. The number of carbonyl (C=O) groups excluding carboxylic acids is 1. The Kier molecular flexibility index (Phi) is 8.56. The molecule has 2 aromatic rings. The minimum atomic E-state index is -3.53. The van der Waals surface area contributed by atoms with Crippen molar-refractivity contribution in [1.29, 1.82) is 0 Å². The van der Waals surface area contributed by atoms with Gasteiger partial charge in [-0.1, -0.05) is 18.2 Å². The molecule has 0 aliphatic rings. The number of nitrogens with zero attached hydrogens (tertiary/aromatic N) is 2. The predicted octanol–water partition coefficient (Wildman–Crippen LogP) is 2.92. The third-order valence-corrected chi connectivity index (χ3v) is 5.98. The van der Waals surface area contributed by atoms with Gasteiger partial charge in [0, 0.05) is 26.6 Å². The first-order chi connectivity index (χ1) is 14.7. The van der Waals surface area contributed by atoms with Gasteiger partial charge in [0.1, 0.15) is 5.75 Å². The first kappa shape index (κ1) is 24.3. The molecule has 0 unspecified atom stereocenters. The Bertz CT molecular complexity index is 993. The third kappa shape index (κ3) is 6.52. The van der Waals surface area contributed by atoms with Crippen molar-refractivity contribution in [3.05, 3.63) is 48.0 Å². The molecule has 0 aliphatic carbocycles. The fourth-order valence-corrected chi connectivity index (χ4v) is 4.18. The van der Waals surface area contributed by atoms with Crippen LogP contribution in [-0.2, 0) is 21.4 Å². The van der Waals surface area contributed by atoms with Crippen molar-refractivity contribution in [2.24, 2.45) is 0 Å². The van der Waals surface area contributed by atoms with Gasteiger partial charge in [0.2, 0.25) is 15.9 Å². The summed E-state index contributed by atoms with van der Waals surface area (Å²) < 4.78 is 41.7. The summed E-state index contributed by atoms with van der Waals surface area (Å²) in [7, 11) is 2.81. The van der Waals surface area contributed by atoms with E-state index in [-0.39, 0.29) is 18.9 Å². The zero-order valence-corrected chi connectivity index (χ0v) is 19.4. The Morgan fingerprint density at radius 3 is 2.19 bits per heavy atom. The molecule has 0 radical (unpaired) electrons. The topological polar surface area (TPSA) is 85.4 Å². The van der Waals surface area contributed by atoms with Crippen LogP contribution >= 0.6 is 0 Å². The largest absolute Gasteiger partial charge is 0.495 e. The lowest BCUT2D eigenvalue weighted by atomic mass is 10.1. The molecule has 0 aliphatic heterocycles. The van der Waals surface area contributed by atoms with Crippen molar-refractivity contribution >= 4 is 21.6 Å².